The number of methoxy groups -OCH3 is 2. The molecule has 0 atom stereocenters. The zero-order chi connectivity index (χ0) is 20.1. The van der Waals surface area contributed by atoms with Crippen LogP contribution in [0, 0.1) is 0 Å². The number of ether oxygens (including phenoxy) is 2. The van der Waals surface area contributed by atoms with Crippen molar-refractivity contribution in [2.75, 3.05) is 14.2 Å². The number of amides is 1. The summed E-state index contributed by atoms with van der Waals surface area (Å²) in [6, 6.07) is 13.4. The van der Waals surface area contributed by atoms with Gasteiger partial charge in [-0.25, -0.2) is 13.4 Å². The van der Waals surface area contributed by atoms with Crippen LogP contribution >= 0.6 is 0 Å². The molecule has 2 aromatic carbocycles. The molecule has 2 N–H and O–H groups in total. The quantitative estimate of drug-likeness (QED) is 0.580. The lowest BCUT2D eigenvalue weighted by Gasteiger charge is -2.13. The van der Waals surface area contributed by atoms with E-state index in [4.69, 9.17) is 9.47 Å². The predicted octanol–water partition coefficient (Wildman–Crippen LogP) is 1.51. The molecule has 0 aliphatic carbocycles. The molecule has 3 rings (SSSR count). The van der Waals surface area contributed by atoms with Crippen LogP contribution < -0.4 is 19.7 Å². The van der Waals surface area contributed by atoms with Gasteiger partial charge in [0.15, 0.2) is 0 Å². The Morgan fingerprint density at radius 2 is 1.82 bits per heavy atom. The highest BCUT2D eigenvalue weighted by Gasteiger charge is 2.22. The number of sulfonamides is 1. The van der Waals surface area contributed by atoms with Gasteiger partial charge in [0.2, 0.25) is 0 Å². The molecule has 28 heavy (non-hydrogen) atoms. The zero-order valence-corrected chi connectivity index (χ0v) is 15.9. The third kappa shape index (κ3) is 3.97. The smallest absolute Gasteiger partial charge is 0.284 e. The summed E-state index contributed by atoms with van der Waals surface area (Å²) in [4.78, 5) is 18.4. The molecule has 0 aliphatic heterocycles. The van der Waals surface area contributed by atoms with Crippen LogP contribution in [0.5, 0.6) is 11.5 Å². The van der Waals surface area contributed by atoms with Crippen LogP contribution in [-0.2, 0) is 10.0 Å². The molecule has 0 saturated carbocycles. The van der Waals surface area contributed by atoms with E-state index in [1.165, 1.54) is 43.4 Å². The fraction of sp³-hybridized carbons (Fsp3) is 0.111. The molecule has 0 saturated heterocycles. The minimum absolute atomic E-state index is 0.108. The number of nitrogens with one attached hydrogen (secondary N) is 2. The van der Waals surface area contributed by atoms with E-state index in [1.54, 1.807) is 18.2 Å². The minimum Gasteiger partial charge on any atom is -0.497 e. The van der Waals surface area contributed by atoms with Crippen molar-refractivity contribution in [2.45, 2.75) is 4.90 Å². The molecule has 9 nitrogen and oxygen atoms in total. The standard InChI is InChI=1S/C18H18N4O5S/c1-26-14-8-9-16(27-2)17(10-14)28(24,25)21-20-18(23)15-11-19-12-22(15)13-6-4-3-5-7-13/h3-12,21H,1-2H3,(H,20,23). The highest BCUT2D eigenvalue weighted by atomic mass is 32.2. The van der Waals surface area contributed by atoms with Gasteiger partial charge in [0, 0.05) is 11.8 Å². The number of nitrogens with zero attached hydrogens (tertiary/aromatic N) is 2. The van der Waals surface area contributed by atoms with Crippen molar-refractivity contribution in [3.8, 4) is 17.2 Å². The lowest BCUT2D eigenvalue weighted by molar-refractivity contribution is 0.0938. The van der Waals surface area contributed by atoms with Crippen molar-refractivity contribution < 1.29 is 22.7 Å². The average molecular weight is 402 g/mol. The van der Waals surface area contributed by atoms with Crippen LogP contribution in [-0.4, -0.2) is 38.1 Å². The van der Waals surface area contributed by atoms with Crippen molar-refractivity contribution in [1.82, 2.24) is 19.8 Å². The van der Waals surface area contributed by atoms with Crippen LogP contribution in [0.3, 0.4) is 0 Å². The second-order valence-corrected chi connectivity index (χ2v) is 7.21. The summed E-state index contributed by atoms with van der Waals surface area (Å²) in [6.07, 6.45) is 2.80. The number of imidazole rings is 1. The fourth-order valence-electron chi connectivity index (χ4n) is 2.48. The summed E-state index contributed by atoms with van der Waals surface area (Å²) in [5, 5.41) is 0. The Balaban J connectivity index is 1.81. The van der Waals surface area contributed by atoms with Gasteiger partial charge in [0.25, 0.3) is 15.9 Å². The van der Waals surface area contributed by atoms with Crippen molar-refractivity contribution >= 4 is 15.9 Å². The first kappa shape index (κ1) is 19.4. The summed E-state index contributed by atoms with van der Waals surface area (Å²) < 4.78 is 36.9. The molecule has 0 aliphatic rings. The maximum atomic E-state index is 12.6. The third-order valence-corrected chi connectivity index (χ3v) is 5.13. The van der Waals surface area contributed by atoms with Gasteiger partial charge in [0.1, 0.15) is 22.1 Å². The minimum atomic E-state index is -4.12. The molecule has 146 valence electrons. The highest BCUT2D eigenvalue weighted by molar-refractivity contribution is 7.89. The van der Waals surface area contributed by atoms with Crippen LogP contribution in [0.25, 0.3) is 5.69 Å². The monoisotopic (exact) mass is 402 g/mol. The van der Waals surface area contributed by atoms with Gasteiger partial charge in [-0.2, -0.15) is 0 Å². The molecule has 1 amide bonds. The van der Waals surface area contributed by atoms with Crippen LogP contribution in [0.1, 0.15) is 10.5 Å². The summed E-state index contributed by atoms with van der Waals surface area (Å²) in [7, 11) is -1.36. The Hall–Kier alpha value is -3.37. The topological polar surface area (TPSA) is 112 Å². The molecule has 0 radical (unpaired) electrons. The average Bonchev–Trinajstić information content (AvgIpc) is 3.22. The van der Waals surface area contributed by atoms with E-state index < -0.39 is 15.9 Å². The maximum absolute atomic E-state index is 12.6. The molecule has 0 fully saturated rings. The van der Waals surface area contributed by atoms with Gasteiger partial charge >= 0.3 is 0 Å². The largest absolute Gasteiger partial charge is 0.497 e. The first-order chi connectivity index (χ1) is 13.5. The molecule has 0 spiro atoms. The second kappa shape index (κ2) is 8.11. The lowest BCUT2D eigenvalue weighted by Crippen LogP contribution is -2.42. The highest BCUT2D eigenvalue weighted by Crippen LogP contribution is 2.27. The normalized spacial score (nSPS) is 11.1. The van der Waals surface area contributed by atoms with Gasteiger partial charge in [-0.05, 0) is 24.3 Å². The number of hydrogen-bond acceptors (Lipinski definition) is 6. The molecular weight excluding hydrogens is 384 g/mol. The molecule has 1 aromatic heterocycles. The zero-order valence-electron chi connectivity index (χ0n) is 15.1. The van der Waals surface area contributed by atoms with Gasteiger partial charge in [0.05, 0.1) is 26.7 Å². The summed E-state index contributed by atoms with van der Waals surface area (Å²) in [6.45, 7) is 0. The number of hydrogen-bond donors (Lipinski definition) is 2. The summed E-state index contributed by atoms with van der Waals surface area (Å²) in [5.74, 6) is -0.238. The SMILES string of the molecule is COc1ccc(OC)c(S(=O)(=O)NNC(=O)c2cncn2-c2ccccc2)c1. The van der Waals surface area contributed by atoms with E-state index in [2.05, 4.69) is 15.2 Å². The van der Waals surface area contributed by atoms with E-state index in [-0.39, 0.29) is 16.3 Å². The fourth-order valence-corrected chi connectivity index (χ4v) is 3.51. The number of para-hydroxylation sites is 1. The first-order valence-electron chi connectivity index (χ1n) is 8.08. The van der Waals surface area contributed by atoms with Crippen molar-refractivity contribution in [2.24, 2.45) is 0 Å². The van der Waals surface area contributed by atoms with Crippen molar-refractivity contribution in [1.29, 1.82) is 0 Å². The predicted molar refractivity (Wildman–Crippen MR) is 101 cm³/mol. The van der Waals surface area contributed by atoms with E-state index in [1.807, 2.05) is 18.2 Å². The first-order valence-corrected chi connectivity index (χ1v) is 9.56. The van der Waals surface area contributed by atoms with E-state index in [0.717, 1.165) is 0 Å². The molecule has 0 unspecified atom stereocenters. The molecule has 0 bridgehead atoms. The van der Waals surface area contributed by atoms with E-state index in [0.29, 0.717) is 11.4 Å². The molecule has 10 heteroatoms. The molecule has 1 heterocycles. The third-order valence-electron chi connectivity index (χ3n) is 3.86. The lowest BCUT2D eigenvalue weighted by atomic mass is 10.3. The van der Waals surface area contributed by atoms with Crippen molar-refractivity contribution in [3.05, 3.63) is 66.7 Å². The number of hydrazine groups is 1. The Morgan fingerprint density at radius 3 is 2.50 bits per heavy atom. The van der Waals surface area contributed by atoms with E-state index >= 15 is 0 Å². The maximum Gasteiger partial charge on any atom is 0.284 e. The molecular formula is C18H18N4O5S. The van der Waals surface area contributed by atoms with Crippen LogP contribution in [0.2, 0.25) is 0 Å². The van der Waals surface area contributed by atoms with Gasteiger partial charge in [-0.3, -0.25) is 14.8 Å². The number of carbonyl (C=O) groups is 1. The number of rotatable bonds is 7. The van der Waals surface area contributed by atoms with Gasteiger partial charge < -0.3 is 9.47 Å². The van der Waals surface area contributed by atoms with Gasteiger partial charge in [-0.15, -0.1) is 4.83 Å². The van der Waals surface area contributed by atoms with Crippen LogP contribution in [0.4, 0.5) is 0 Å². The van der Waals surface area contributed by atoms with Crippen LogP contribution in [0.15, 0.2) is 66.0 Å². The number of aromatic nitrogens is 2. The molecule has 3 aromatic rings. The number of benzene rings is 2. The summed E-state index contributed by atoms with van der Waals surface area (Å²) in [5.41, 5.74) is 3.06. The Bertz CT molecular complexity index is 1080. The summed E-state index contributed by atoms with van der Waals surface area (Å²) >= 11 is 0. The van der Waals surface area contributed by atoms with Gasteiger partial charge in [-0.1, -0.05) is 18.2 Å². The Morgan fingerprint density at radius 1 is 1.07 bits per heavy atom. The van der Waals surface area contributed by atoms with Crippen molar-refractivity contribution in [3.63, 3.8) is 0 Å². The second-order valence-electron chi connectivity index (χ2n) is 5.56. The Labute approximate surface area is 161 Å². The number of carbonyl (C=O) groups excluding carboxylic acids is 1. The van der Waals surface area contributed by atoms with E-state index in [9.17, 15) is 13.2 Å². The Kier molecular flexibility index (Phi) is 5.62.